The molecular weight excluding hydrogens is 420 g/mol. The van der Waals surface area contributed by atoms with Crippen molar-refractivity contribution in [3.63, 3.8) is 0 Å². The molecule has 4 rings (SSSR count). The van der Waals surface area contributed by atoms with E-state index in [4.69, 9.17) is 21.5 Å². The van der Waals surface area contributed by atoms with E-state index in [2.05, 4.69) is 20.6 Å². The number of guanidine groups is 1. The highest BCUT2D eigenvalue weighted by Crippen LogP contribution is 2.41. The molecule has 2 aromatic carbocycles. The number of nitrogens with one attached hydrogen (secondary N) is 2. The van der Waals surface area contributed by atoms with Crippen molar-refractivity contribution in [1.82, 2.24) is 10.3 Å². The minimum absolute atomic E-state index is 0.0365. The smallest absolute Gasteiger partial charge is 0.343 e. The van der Waals surface area contributed by atoms with Crippen LogP contribution in [0.15, 0.2) is 53.5 Å². The number of anilines is 3. The van der Waals surface area contributed by atoms with Crippen molar-refractivity contribution in [2.45, 2.75) is 13.0 Å². The molecule has 0 spiro atoms. The van der Waals surface area contributed by atoms with Gasteiger partial charge in [0.1, 0.15) is 35.1 Å². The Morgan fingerprint density at radius 2 is 1.94 bits per heavy atom. The number of carbonyl (C=O) groups is 1. The van der Waals surface area contributed by atoms with Crippen molar-refractivity contribution in [2.24, 2.45) is 4.99 Å². The fourth-order valence-corrected chi connectivity index (χ4v) is 3.43. The standard InChI is InChI=1S/C23H18N8O2/c1-12-5-7-13(8-6-12)22(32)33-15-4-2-3-14(9-15)19-17-18(26)16(10-24)20(27)30-21(17)31-23(29-19)28-11-25/h2-9,19H,1H3,(H6,26,27,28,29,30,31). The first kappa shape index (κ1) is 21.2. The number of fused-ring (bicyclic) bond motifs is 1. The average molecular weight is 438 g/mol. The number of carbonyl (C=O) groups excluding carboxylic acids is 1. The van der Waals surface area contributed by atoms with E-state index in [1.165, 1.54) is 0 Å². The second kappa shape index (κ2) is 8.57. The molecule has 0 fully saturated rings. The Morgan fingerprint density at radius 1 is 1.18 bits per heavy atom. The Morgan fingerprint density at radius 3 is 2.64 bits per heavy atom. The Hall–Kier alpha value is -5.09. The molecule has 2 heterocycles. The fraction of sp³-hybridized carbons (Fsp3) is 0.0870. The minimum Gasteiger partial charge on any atom is -0.423 e. The average Bonchev–Trinajstić information content (AvgIpc) is 2.79. The summed E-state index contributed by atoms with van der Waals surface area (Å²) in [5.74, 6) is 0.149. The lowest BCUT2D eigenvalue weighted by molar-refractivity contribution is 0.0734. The molecule has 1 aliphatic heterocycles. The van der Waals surface area contributed by atoms with Crippen LogP contribution in [0.2, 0.25) is 0 Å². The van der Waals surface area contributed by atoms with E-state index >= 15 is 0 Å². The van der Waals surface area contributed by atoms with Crippen molar-refractivity contribution in [3.8, 4) is 18.0 Å². The van der Waals surface area contributed by atoms with Gasteiger partial charge < -0.3 is 21.5 Å². The number of ether oxygens (including phenoxy) is 1. The monoisotopic (exact) mass is 438 g/mol. The Bertz CT molecular complexity index is 1370. The van der Waals surface area contributed by atoms with E-state index in [0.717, 1.165) is 5.56 Å². The summed E-state index contributed by atoms with van der Waals surface area (Å²) < 4.78 is 5.54. The van der Waals surface area contributed by atoms with Crippen molar-refractivity contribution in [3.05, 3.63) is 76.3 Å². The third-order valence-electron chi connectivity index (χ3n) is 5.03. The Labute approximate surface area is 189 Å². The molecule has 1 atom stereocenters. The molecule has 0 amide bonds. The largest absolute Gasteiger partial charge is 0.423 e. The van der Waals surface area contributed by atoms with E-state index in [0.29, 0.717) is 22.4 Å². The highest BCUT2D eigenvalue weighted by atomic mass is 16.5. The predicted molar refractivity (Wildman–Crippen MR) is 122 cm³/mol. The Kier molecular flexibility index (Phi) is 5.49. The molecule has 1 aromatic heterocycles. The molecule has 1 aliphatic rings. The number of pyridine rings is 1. The maximum atomic E-state index is 12.5. The Balaban J connectivity index is 1.74. The van der Waals surface area contributed by atoms with Crippen molar-refractivity contribution < 1.29 is 9.53 Å². The van der Waals surface area contributed by atoms with Gasteiger partial charge in [0.25, 0.3) is 0 Å². The summed E-state index contributed by atoms with van der Waals surface area (Å²) in [6.07, 6.45) is 1.80. The van der Waals surface area contributed by atoms with Crippen molar-refractivity contribution in [2.75, 3.05) is 16.8 Å². The van der Waals surface area contributed by atoms with Gasteiger partial charge in [-0.1, -0.05) is 29.8 Å². The number of aryl methyl sites for hydroxylation is 1. The third kappa shape index (κ3) is 4.09. The van der Waals surface area contributed by atoms with E-state index in [9.17, 15) is 10.1 Å². The van der Waals surface area contributed by atoms with Crippen LogP contribution in [0.3, 0.4) is 0 Å². The molecule has 33 heavy (non-hydrogen) atoms. The molecule has 0 saturated carbocycles. The van der Waals surface area contributed by atoms with Crippen molar-refractivity contribution >= 4 is 29.3 Å². The maximum Gasteiger partial charge on any atom is 0.343 e. The van der Waals surface area contributed by atoms with Crippen LogP contribution in [0.4, 0.5) is 17.3 Å². The molecule has 3 aromatic rings. The highest BCUT2D eigenvalue weighted by molar-refractivity contribution is 5.98. The van der Waals surface area contributed by atoms with Crippen LogP contribution in [0.25, 0.3) is 0 Å². The number of rotatable bonds is 3. The SMILES string of the molecule is Cc1ccc(C(=O)Oc2cccc(C3N=C(NC#N)Nc4nc(N)c(C#N)c(N)c43)c2)cc1. The van der Waals surface area contributed by atoms with Crippen LogP contribution in [0, 0.1) is 29.7 Å². The first-order valence-corrected chi connectivity index (χ1v) is 9.79. The first-order valence-electron chi connectivity index (χ1n) is 9.79. The number of hydrogen-bond acceptors (Lipinski definition) is 10. The number of aliphatic imine (C=N–C) groups is 1. The lowest BCUT2D eigenvalue weighted by atomic mass is 9.95. The zero-order valence-electron chi connectivity index (χ0n) is 17.5. The van der Waals surface area contributed by atoms with Gasteiger partial charge in [0, 0.05) is 5.56 Å². The molecule has 0 bridgehead atoms. The number of nitrogens with two attached hydrogens (primary N) is 2. The van der Waals surface area contributed by atoms with Gasteiger partial charge in [0.15, 0.2) is 6.19 Å². The number of nitrogens with zero attached hydrogens (tertiary/aromatic N) is 4. The summed E-state index contributed by atoms with van der Waals surface area (Å²) in [4.78, 5) is 21.3. The van der Waals surface area contributed by atoms with Crippen LogP contribution in [0.1, 0.15) is 38.7 Å². The number of esters is 1. The summed E-state index contributed by atoms with van der Waals surface area (Å²) in [7, 11) is 0. The van der Waals surface area contributed by atoms with Gasteiger partial charge in [0.2, 0.25) is 5.96 Å². The molecular formula is C23H18N8O2. The second-order valence-electron chi connectivity index (χ2n) is 7.23. The van der Waals surface area contributed by atoms with E-state index < -0.39 is 12.0 Å². The van der Waals surface area contributed by atoms with Gasteiger partial charge >= 0.3 is 5.97 Å². The van der Waals surface area contributed by atoms with Gasteiger partial charge in [-0.05, 0) is 36.8 Å². The lowest BCUT2D eigenvalue weighted by Crippen LogP contribution is -2.32. The lowest BCUT2D eigenvalue weighted by Gasteiger charge is -2.26. The van der Waals surface area contributed by atoms with E-state index in [1.807, 2.05) is 25.1 Å². The minimum atomic E-state index is -0.740. The third-order valence-corrected chi connectivity index (χ3v) is 5.03. The number of hydrogen-bond donors (Lipinski definition) is 4. The van der Waals surface area contributed by atoms with Crippen LogP contribution in [-0.4, -0.2) is 16.9 Å². The summed E-state index contributed by atoms with van der Waals surface area (Å²) in [6.45, 7) is 1.93. The number of aromatic nitrogens is 1. The fourth-order valence-electron chi connectivity index (χ4n) is 3.43. The van der Waals surface area contributed by atoms with Gasteiger partial charge in [-0.3, -0.25) is 5.32 Å². The van der Waals surface area contributed by atoms with Gasteiger partial charge in [-0.15, -0.1) is 0 Å². The maximum absolute atomic E-state index is 12.5. The summed E-state index contributed by atoms with van der Waals surface area (Å²) in [5, 5.41) is 23.8. The normalized spacial score (nSPS) is 14.0. The molecule has 0 radical (unpaired) electrons. The van der Waals surface area contributed by atoms with Gasteiger partial charge in [-0.25, -0.2) is 14.8 Å². The topological polar surface area (TPSA) is 175 Å². The molecule has 10 nitrogen and oxygen atoms in total. The van der Waals surface area contributed by atoms with E-state index in [1.54, 1.807) is 42.6 Å². The molecule has 0 saturated heterocycles. The zero-order valence-corrected chi connectivity index (χ0v) is 17.5. The van der Waals surface area contributed by atoms with Crippen LogP contribution in [0.5, 0.6) is 5.75 Å². The summed E-state index contributed by atoms with van der Waals surface area (Å²) >= 11 is 0. The summed E-state index contributed by atoms with van der Waals surface area (Å²) in [6, 6.07) is 15.0. The molecule has 162 valence electrons. The number of nitriles is 2. The van der Waals surface area contributed by atoms with E-state index in [-0.39, 0.29) is 28.8 Å². The quantitative estimate of drug-likeness (QED) is 0.207. The highest BCUT2D eigenvalue weighted by Gasteiger charge is 2.30. The van der Waals surface area contributed by atoms with Crippen LogP contribution >= 0.6 is 0 Å². The molecule has 10 heteroatoms. The van der Waals surface area contributed by atoms with Crippen LogP contribution < -0.4 is 26.8 Å². The number of nitrogen functional groups attached to an aromatic ring is 2. The zero-order chi connectivity index (χ0) is 23.5. The second-order valence-corrected chi connectivity index (χ2v) is 7.23. The predicted octanol–water partition coefficient (Wildman–Crippen LogP) is 2.59. The summed E-state index contributed by atoms with van der Waals surface area (Å²) in [5.41, 5.74) is 14.7. The molecule has 6 N–H and O–H groups in total. The first-order chi connectivity index (χ1) is 15.9. The number of benzene rings is 2. The van der Waals surface area contributed by atoms with Crippen molar-refractivity contribution in [1.29, 1.82) is 10.5 Å². The van der Waals surface area contributed by atoms with Crippen LogP contribution in [-0.2, 0) is 0 Å². The van der Waals surface area contributed by atoms with Gasteiger partial charge in [0.05, 0.1) is 11.3 Å². The molecule has 0 aliphatic carbocycles. The molecule has 1 unspecified atom stereocenters. The van der Waals surface area contributed by atoms with Gasteiger partial charge in [-0.2, -0.15) is 10.5 Å².